The molecule has 0 aromatic carbocycles. The Kier molecular flexibility index (Phi) is 3.73. The Morgan fingerprint density at radius 1 is 1.42 bits per heavy atom. The van der Waals surface area contributed by atoms with Crippen LogP contribution in [-0.2, 0) is 0 Å². The predicted molar refractivity (Wildman–Crippen MR) is 77.7 cm³/mol. The highest BCUT2D eigenvalue weighted by Gasteiger charge is 2.26. The summed E-state index contributed by atoms with van der Waals surface area (Å²) < 4.78 is 0. The molecule has 1 N–H and O–H groups in total. The largest absolute Gasteiger partial charge is 0.359 e. The summed E-state index contributed by atoms with van der Waals surface area (Å²) in [5, 5.41) is 4.24. The summed E-state index contributed by atoms with van der Waals surface area (Å²) in [6, 6.07) is 0.592. The van der Waals surface area contributed by atoms with Gasteiger partial charge in [0, 0.05) is 19.1 Å². The molecule has 0 spiro atoms. The van der Waals surface area contributed by atoms with E-state index in [2.05, 4.69) is 17.2 Å². The Labute approximate surface area is 118 Å². The fourth-order valence-electron chi connectivity index (χ4n) is 2.54. The number of hydrogen-bond donors (Lipinski definition) is 1. The quantitative estimate of drug-likeness (QED) is 0.921. The number of thiazole rings is 1. The molecule has 1 aliphatic heterocycles. The smallest absolute Gasteiger partial charge is 0.265 e. The van der Waals surface area contributed by atoms with Gasteiger partial charge in [0.25, 0.3) is 5.91 Å². The van der Waals surface area contributed by atoms with Crippen LogP contribution >= 0.6 is 11.3 Å². The lowest BCUT2D eigenvalue weighted by Crippen LogP contribution is -2.38. The monoisotopic (exact) mass is 279 g/mol. The van der Waals surface area contributed by atoms with E-state index in [0.717, 1.165) is 41.9 Å². The molecular formula is C14H21N3OS. The van der Waals surface area contributed by atoms with Crippen LogP contribution in [0.4, 0.5) is 5.13 Å². The summed E-state index contributed by atoms with van der Waals surface area (Å²) in [4.78, 5) is 19.4. The number of likely N-dealkylation sites (tertiary alicyclic amines) is 1. The van der Waals surface area contributed by atoms with Crippen molar-refractivity contribution in [1.82, 2.24) is 9.88 Å². The summed E-state index contributed by atoms with van der Waals surface area (Å²) in [6.07, 6.45) is 7.71. The van der Waals surface area contributed by atoms with Crippen LogP contribution in [0.1, 0.15) is 48.7 Å². The Balaban J connectivity index is 1.58. The van der Waals surface area contributed by atoms with Gasteiger partial charge in [0.2, 0.25) is 0 Å². The highest BCUT2D eigenvalue weighted by atomic mass is 32.1. The van der Waals surface area contributed by atoms with Gasteiger partial charge in [-0.3, -0.25) is 4.79 Å². The standard InChI is InChI=1S/C14H21N3OS/c1-2-10-5-7-17(8-6-10)13(18)12-9-15-14(19-12)16-11-3-4-11/h9-11H,2-8H2,1H3,(H,15,16). The second-order valence-electron chi connectivity index (χ2n) is 5.59. The van der Waals surface area contributed by atoms with Crippen molar-refractivity contribution >= 4 is 22.4 Å². The van der Waals surface area contributed by atoms with Crippen molar-refractivity contribution in [3.05, 3.63) is 11.1 Å². The van der Waals surface area contributed by atoms with Crippen LogP contribution in [0.5, 0.6) is 0 Å². The van der Waals surface area contributed by atoms with Crippen LogP contribution in [0.2, 0.25) is 0 Å². The number of carbonyl (C=O) groups is 1. The van der Waals surface area contributed by atoms with Gasteiger partial charge < -0.3 is 10.2 Å². The van der Waals surface area contributed by atoms with Gasteiger partial charge in [-0.1, -0.05) is 24.7 Å². The van der Waals surface area contributed by atoms with Crippen molar-refractivity contribution in [2.45, 2.75) is 45.1 Å². The normalized spacial score (nSPS) is 20.6. The molecule has 104 valence electrons. The molecule has 2 aliphatic rings. The second kappa shape index (κ2) is 5.49. The minimum Gasteiger partial charge on any atom is -0.359 e. The van der Waals surface area contributed by atoms with E-state index in [9.17, 15) is 4.79 Å². The third-order valence-corrected chi connectivity index (χ3v) is 5.02. The molecular weight excluding hydrogens is 258 g/mol. The zero-order valence-corrected chi connectivity index (χ0v) is 12.2. The van der Waals surface area contributed by atoms with Crippen molar-refractivity contribution in [1.29, 1.82) is 0 Å². The maximum Gasteiger partial charge on any atom is 0.265 e. The Bertz CT molecular complexity index is 447. The van der Waals surface area contributed by atoms with Crippen LogP contribution in [0.15, 0.2) is 6.20 Å². The van der Waals surface area contributed by atoms with Crippen LogP contribution in [0.25, 0.3) is 0 Å². The van der Waals surface area contributed by atoms with E-state index in [1.807, 2.05) is 4.90 Å². The topological polar surface area (TPSA) is 45.2 Å². The SMILES string of the molecule is CCC1CCN(C(=O)c2cnc(NC3CC3)s2)CC1. The van der Waals surface area contributed by atoms with Crippen LogP contribution in [0, 0.1) is 5.92 Å². The second-order valence-corrected chi connectivity index (χ2v) is 6.62. The number of nitrogens with one attached hydrogen (secondary N) is 1. The molecule has 0 bridgehead atoms. The summed E-state index contributed by atoms with van der Waals surface area (Å²) in [5.41, 5.74) is 0. The molecule has 1 aromatic heterocycles. The number of rotatable bonds is 4. The molecule has 19 heavy (non-hydrogen) atoms. The molecule has 1 saturated carbocycles. The maximum atomic E-state index is 12.4. The highest BCUT2D eigenvalue weighted by molar-refractivity contribution is 7.17. The fraction of sp³-hybridized carbons (Fsp3) is 0.714. The predicted octanol–water partition coefficient (Wildman–Crippen LogP) is 2.98. The Morgan fingerprint density at radius 2 is 2.16 bits per heavy atom. The zero-order valence-electron chi connectivity index (χ0n) is 11.4. The molecule has 1 aromatic rings. The lowest BCUT2D eigenvalue weighted by atomic mass is 9.94. The first-order valence-corrected chi connectivity index (χ1v) is 8.09. The van der Waals surface area contributed by atoms with Gasteiger partial charge in [0.05, 0.1) is 6.20 Å². The number of anilines is 1. The maximum absolute atomic E-state index is 12.4. The van der Waals surface area contributed by atoms with Gasteiger partial charge in [0.15, 0.2) is 5.13 Å². The van der Waals surface area contributed by atoms with E-state index >= 15 is 0 Å². The van der Waals surface area contributed by atoms with Crippen molar-refractivity contribution in [3.8, 4) is 0 Å². The van der Waals surface area contributed by atoms with Gasteiger partial charge in [-0.25, -0.2) is 4.98 Å². The average molecular weight is 279 g/mol. The molecule has 1 amide bonds. The first kappa shape index (κ1) is 12.9. The van der Waals surface area contributed by atoms with Gasteiger partial charge in [0.1, 0.15) is 4.88 Å². The summed E-state index contributed by atoms with van der Waals surface area (Å²) in [7, 11) is 0. The molecule has 2 fully saturated rings. The minimum absolute atomic E-state index is 0.163. The highest BCUT2D eigenvalue weighted by Crippen LogP contribution is 2.28. The minimum atomic E-state index is 0.163. The van der Waals surface area contributed by atoms with Crippen molar-refractivity contribution < 1.29 is 4.79 Å². The van der Waals surface area contributed by atoms with E-state index in [-0.39, 0.29) is 5.91 Å². The number of piperidine rings is 1. The number of nitrogens with zero attached hydrogens (tertiary/aromatic N) is 2. The molecule has 0 unspecified atom stereocenters. The number of aromatic nitrogens is 1. The summed E-state index contributed by atoms with van der Waals surface area (Å²) in [5.74, 6) is 0.966. The third kappa shape index (κ3) is 3.08. The molecule has 0 radical (unpaired) electrons. The Morgan fingerprint density at radius 3 is 2.79 bits per heavy atom. The van der Waals surface area contributed by atoms with E-state index in [1.54, 1.807) is 6.20 Å². The lowest BCUT2D eigenvalue weighted by Gasteiger charge is -2.31. The zero-order chi connectivity index (χ0) is 13.2. The number of hydrogen-bond acceptors (Lipinski definition) is 4. The number of amides is 1. The van der Waals surface area contributed by atoms with Gasteiger partial charge in [-0.15, -0.1) is 0 Å². The van der Waals surface area contributed by atoms with Gasteiger partial charge >= 0.3 is 0 Å². The van der Waals surface area contributed by atoms with Gasteiger partial charge in [-0.05, 0) is 31.6 Å². The molecule has 4 nitrogen and oxygen atoms in total. The van der Waals surface area contributed by atoms with Crippen LogP contribution in [-0.4, -0.2) is 34.9 Å². The van der Waals surface area contributed by atoms with E-state index in [0.29, 0.717) is 6.04 Å². The molecule has 1 saturated heterocycles. The number of carbonyl (C=O) groups excluding carboxylic acids is 1. The van der Waals surface area contributed by atoms with Gasteiger partial charge in [-0.2, -0.15) is 0 Å². The first-order chi connectivity index (χ1) is 9.26. The first-order valence-electron chi connectivity index (χ1n) is 7.28. The van der Waals surface area contributed by atoms with E-state index < -0.39 is 0 Å². The summed E-state index contributed by atoms with van der Waals surface area (Å²) >= 11 is 1.50. The molecule has 5 heteroatoms. The molecule has 3 rings (SSSR count). The lowest BCUT2D eigenvalue weighted by molar-refractivity contribution is 0.0693. The average Bonchev–Trinajstić information content (AvgIpc) is 3.14. The van der Waals surface area contributed by atoms with Crippen molar-refractivity contribution in [2.75, 3.05) is 18.4 Å². The van der Waals surface area contributed by atoms with Crippen molar-refractivity contribution in [2.24, 2.45) is 5.92 Å². The summed E-state index contributed by atoms with van der Waals surface area (Å²) in [6.45, 7) is 4.04. The Hall–Kier alpha value is -1.10. The van der Waals surface area contributed by atoms with Crippen molar-refractivity contribution in [3.63, 3.8) is 0 Å². The third-order valence-electron chi connectivity index (χ3n) is 4.10. The molecule has 0 atom stereocenters. The van der Waals surface area contributed by atoms with Crippen LogP contribution in [0.3, 0.4) is 0 Å². The van der Waals surface area contributed by atoms with E-state index in [4.69, 9.17) is 0 Å². The molecule has 2 heterocycles. The van der Waals surface area contributed by atoms with E-state index in [1.165, 1.54) is 30.6 Å². The fourth-order valence-corrected chi connectivity index (χ4v) is 3.40. The van der Waals surface area contributed by atoms with Crippen LogP contribution < -0.4 is 5.32 Å². The molecule has 1 aliphatic carbocycles.